The average molecular weight is 669 g/mol. The third-order valence-corrected chi connectivity index (χ3v) is 4.79. The molecule has 0 bridgehead atoms. The van der Waals surface area contributed by atoms with Gasteiger partial charge in [-0.1, -0.05) is 12.1 Å². The maximum Gasteiger partial charge on any atom is 0.513 e. The van der Waals surface area contributed by atoms with Gasteiger partial charge in [-0.3, -0.25) is 0 Å². The fourth-order valence-electron chi connectivity index (χ4n) is 2.93. The molecule has 1 amide bonds. The molecule has 1 aromatic carbocycles. The highest BCUT2D eigenvalue weighted by atomic mass is 17.0. The molecule has 0 aliphatic carbocycles. The molecule has 1 rings (SSSR count). The summed E-state index contributed by atoms with van der Waals surface area (Å²) >= 11 is 0. The van der Waals surface area contributed by atoms with Crippen LogP contribution in [0.5, 0.6) is 5.75 Å². The number of amides is 1. The van der Waals surface area contributed by atoms with E-state index in [9.17, 15) is 44.7 Å². The van der Waals surface area contributed by atoms with Gasteiger partial charge in [-0.15, -0.1) is 30.3 Å². The Kier molecular flexibility index (Phi) is 20.3. The van der Waals surface area contributed by atoms with Gasteiger partial charge in [0.25, 0.3) is 15.3 Å². The average Bonchev–Trinajstić information content (AvgIpc) is 2.99. The molecule has 258 valence electrons. The van der Waals surface area contributed by atoms with Crippen LogP contribution in [-0.4, -0.2) is 119 Å². The number of esters is 1. The van der Waals surface area contributed by atoms with Crippen molar-refractivity contribution in [3.05, 3.63) is 60.2 Å². The molecule has 0 heterocycles. The maximum absolute atomic E-state index is 12.7. The highest BCUT2D eigenvalue weighted by Gasteiger charge is 2.24. The number of hydrogen-bond donors (Lipinski definition) is 1. The summed E-state index contributed by atoms with van der Waals surface area (Å²) in [5.41, 5.74) is 0.496. The van der Waals surface area contributed by atoms with Crippen LogP contribution >= 0.6 is 0 Å². The molecule has 1 N–H and O–H groups in total. The monoisotopic (exact) mass is 668 g/mol. The van der Waals surface area contributed by atoms with Crippen LogP contribution < -0.4 is 10.1 Å². The third kappa shape index (κ3) is 21.4. The van der Waals surface area contributed by atoms with Crippen molar-refractivity contribution in [2.75, 3.05) is 79.3 Å². The Labute approximate surface area is 259 Å². The molecule has 0 saturated carbocycles. The Morgan fingerprint density at radius 1 is 0.609 bits per heavy atom. The largest absolute Gasteiger partial charge is 0.513 e. The number of alkyl carbamates (subject to hydrolysis) is 1. The summed E-state index contributed by atoms with van der Waals surface area (Å²) in [5.74, 6) is -0.784. The Hall–Kier alpha value is -5.29. The number of benzene rings is 1. The van der Waals surface area contributed by atoms with Crippen molar-refractivity contribution >= 4 is 18.2 Å². The van der Waals surface area contributed by atoms with E-state index < -0.39 is 39.5 Å². The summed E-state index contributed by atoms with van der Waals surface area (Å²) in [6.45, 7) is -2.26. The lowest BCUT2D eigenvalue weighted by molar-refractivity contribution is -0.758. The highest BCUT2D eigenvalue weighted by molar-refractivity contribution is 5.81. The van der Waals surface area contributed by atoms with E-state index in [0.29, 0.717) is 5.56 Å². The van der Waals surface area contributed by atoms with Crippen LogP contribution in [0.25, 0.3) is 0 Å². The van der Waals surface area contributed by atoms with Crippen LogP contribution in [0.4, 0.5) is 9.59 Å². The van der Waals surface area contributed by atoms with E-state index in [-0.39, 0.29) is 91.5 Å². The van der Waals surface area contributed by atoms with Gasteiger partial charge in [-0.25, -0.2) is 14.4 Å². The quantitative estimate of drug-likeness (QED) is 0.0341. The number of hydrogen-bond acceptors (Lipinski definition) is 19. The lowest BCUT2D eigenvalue weighted by Crippen LogP contribution is -2.44. The first-order valence-electron chi connectivity index (χ1n) is 13.2. The van der Waals surface area contributed by atoms with Crippen LogP contribution in [0.1, 0.15) is 5.56 Å². The molecule has 0 radical (unpaired) electrons. The first-order valence-corrected chi connectivity index (χ1v) is 13.2. The van der Waals surface area contributed by atoms with E-state index in [2.05, 4.69) is 19.8 Å². The van der Waals surface area contributed by atoms with E-state index in [0.717, 1.165) is 0 Å². The Morgan fingerprint density at radius 2 is 1.04 bits per heavy atom. The molecule has 23 heteroatoms. The summed E-state index contributed by atoms with van der Waals surface area (Å²) in [6, 6.07) is 4.51. The predicted molar refractivity (Wildman–Crippen MR) is 143 cm³/mol. The topological polar surface area (TPSA) is 285 Å². The molecule has 0 aliphatic heterocycles. The van der Waals surface area contributed by atoms with Crippen molar-refractivity contribution < 1.29 is 77.3 Å². The smallest absolute Gasteiger partial charge is 0.462 e. The van der Waals surface area contributed by atoms with Crippen molar-refractivity contribution in [1.82, 2.24) is 5.32 Å². The van der Waals surface area contributed by atoms with Gasteiger partial charge in [0, 0.05) is 6.42 Å². The van der Waals surface area contributed by atoms with E-state index in [4.69, 9.17) is 33.2 Å². The highest BCUT2D eigenvalue weighted by Crippen LogP contribution is 2.15. The maximum atomic E-state index is 12.7. The van der Waals surface area contributed by atoms with E-state index in [1.165, 1.54) is 24.3 Å². The van der Waals surface area contributed by atoms with Gasteiger partial charge in [0.2, 0.25) is 0 Å². The Morgan fingerprint density at radius 3 is 1.52 bits per heavy atom. The minimum Gasteiger partial charge on any atom is -0.462 e. The van der Waals surface area contributed by atoms with E-state index in [1.807, 2.05) is 0 Å². The zero-order valence-electron chi connectivity index (χ0n) is 24.2. The van der Waals surface area contributed by atoms with Crippen molar-refractivity contribution in [1.29, 1.82) is 0 Å². The zero-order valence-corrected chi connectivity index (χ0v) is 24.2. The molecular formula is C23H32N4O19. The molecule has 0 saturated heterocycles. The molecule has 1 unspecified atom stereocenters. The second kappa shape index (κ2) is 24.1. The van der Waals surface area contributed by atoms with Crippen molar-refractivity contribution in [3.63, 3.8) is 0 Å². The third-order valence-electron chi connectivity index (χ3n) is 4.79. The predicted octanol–water partition coefficient (Wildman–Crippen LogP) is 0.0572. The van der Waals surface area contributed by atoms with Crippen molar-refractivity contribution in [2.45, 2.75) is 12.5 Å². The van der Waals surface area contributed by atoms with Crippen LogP contribution in [0.3, 0.4) is 0 Å². The normalized spacial score (nSPS) is 11.0. The lowest BCUT2D eigenvalue weighted by Gasteiger charge is -2.18. The van der Waals surface area contributed by atoms with Gasteiger partial charge >= 0.3 is 18.2 Å². The summed E-state index contributed by atoms with van der Waals surface area (Å²) < 4.78 is 34.9. The van der Waals surface area contributed by atoms with Crippen LogP contribution in [-0.2, 0) is 54.1 Å². The van der Waals surface area contributed by atoms with E-state index in [1.54, 1.807) is 0 Å². The molecular weight excluding hydrogens is 636 g/mol. The minimum absolute atomic E-state index is 0.0594. The number of nitrogens with zero attached hydrogens (tertiary/aromatic N) is 3. The summed E-state index contributed by atoms with van der Waals surface area (Å²) in [4.78, 5) is 79.2. The van der Waals surface area contributed by atoms with Crippen molar-refractivity contribution in [3.8, 4) is 5.75 Å². The Bertz CT molecular complexity index is 1090. The fourth-order valence-corrected chi connectivity index (χ4v) is 2.93. The summed E-state index contributed by atoms with van der Waals surface area (Å²) in [6.07, 6.45) is -2.15. The molecule has 0 aliphatic rings. The second-order valence-corrected chi connectivity index (χ2v) is 8.06. The number of carbonyl (C=O) groups excluding carboxylic acids is 3. The number of ether oxygens (including phenoxy) is 7. The first kappa shape index (κ1) is 38.7. The standard InChI is InChI=1S/C23H32N4O19/c28-21(40-11-5-37-8-14-43-25(31)32)20(24-22(29)41-12-6-38-9-15-44-26(33)34)17-18-1-3-19(4-2-18)46-23(30)42-13-7-39-10-16-45-27(35)36/h1-4,20H,5-17H2,(H,24,29). The van der Waals surface area contributed by atoms with Crippen LogP contribution in [0.15, 0.2) is 24.3 Å². The van der Waals surface area contributed by atoms with Gasteiger partial charge in [0.05, 0.1) is 39.6 Å². The lowest BCUT2D eigenvalue weighted by atomic mass is 10.1. The zero-order chi connectivity index (χ0) is 34.0. The molecule has 0 spiro atoms. The number of nitrogens with one attached hydrogen (secondary N) is 1. The number of carbonyl (C=O) groups is 3. The molecule has 0 aromatic heterocycles. The van der Waals surface area contributed by atoms with E-state index >= 15 is 0 Å². The van der Waals surface area contributed by atoms with Gasteiger partial charge < -0.3 is 53.0 Å². The second-order valence-electron chi connectivity index (χ2n) is 8.06. The molecule has 1 aromatic rings. The van der Waals surface area contributed by atoms with Crippen molar-refractivity contribution in [2.24, 2.45) is 0 Å². The molecule has 23 nitrogen and oxygen atoms in total. The molecule has 0 fully saturated rings. The minimum atomic E-state index is -1.26. The molecule has 1 atom stereocenters. The summed E-state index contributed by atoms with van der Waals surface area (Å²) in [5, 5.41) is 29.7. The SMILES string of the molecule is O=C(NC(Cc1ccc(OC(=O)OCCOCCO[N+](=O)[O-])cc1)C(=O)OCCOCCO[N+](=O)[O-])OCCOCCO[N+](=O)[O-]. The fraction of sp³-hybridized carbons (Fsp3) is 0.609. The summed E-state index contributed by atoms with van der Waals surface area (Å²) in [7, 11) is 0. The van der Waals surface area contributed by atoms with Gasteiger partial charge in [-0.2, -0.15) is 0 Å². The van der Waals surface area contributed by atoms with Gasteiger partial charge in [0.1, 0.15) is 51.4 Å². The Balaban J connectivity index is 2.57. The van der Waals surface area contributed by atoms with Crippen LogP contribution in [0, 0.1) is 30.3 Å². The first-order chi connectivity index (χ1) is 22.1. The number of rotatable bonds is 26. The van der Waals surface area contributed by atoms with Crippen LogP contribution in [0.2, 0.25) is 0 Å². The van der Waals surface area contributed by atoms with Gasteiger partial charge in [0.15, 0.2) is 0 Å². The van der Waals surface area contributed by atoms with Gasteiger partial charge in [-0.05, 0) is 17.7 Å². The molecule has 46 heavy (non-hydrogen) atoms.